The quantitative estimate of drug-likeness (QED) is 0.837. The Balaban J connectivity index is 3.17. The van der Waals surface area contributed by atoms with E-state index in [1.165, 1.54) is 4.68 Å². The van der Waals surface area contributed by atoms with Crippen LogP contribution in [0.1, 0.15) is 39.0 Å². The van der Waals surface area contributed by atoms with Gasteiger partial charge in [0.05, 0.1) is 5.69 Å². The zero-order valence-corrected chi connectivity index (χ0v) is 10.8. The summed E-state index contributed by atoms with van der Waals surface area (Å²) in [4.78, 5) is 11.8. The Bertz CT molecular complexity index is 415. The van der Waals surface area contributed by atoms with Crippen LogP contribution in [0.4, 0.5) is 0 Å². The fraction of sp³-hybridized carbons (Fsp3) is 0.667. The topological polar surface area (TPSA) is 46.9 Å². The third-order valence-electron chi connectivity index (χ3n) is 2.47. The molecule has 4 heteroatoms. The lowest BCUT2D eigenvalue weighted by Crippen LogP contribution is -2.30. The Hall–Kier alpha value is -1.16. The van der Waals surface area contributed by atoms with Crippen LogP contribution in [-0.4, -0.2) is 16.3 Å². The molecule has 1 N–H and O–H groups in total. The van der Waals surface area contributed by atoms with Crippen LogP contribution in [0.5, 0.6) is 0 Å². The number of nitrogens with zero attached hydrogens (tertiary/aromatic N) is 2. The Morgan fingerprint density at radius 3 is 2.56 bits per heavy atom. The van der Waals surface area contributed by atoms with E-state index in [0.29, 0.717) is 6.54 Å². The zero-order valence-electron chi connectivity index (χ0n) is 10.8. The van der Waals surface area contributed by atoms with E-state index < -0.39 is 0 Å². The van der Waals surface area contributed by atoms with E-state index >= 15 is 0 Å². The number of aromatic nitrogens is 2. The zero-order chi connectivity index (χ0) is 12.3. The third-order valence-corrected chi connectivity index (χ3v) is 2.47. The fourth-order valence-corrected chi connectivity index (χ4v) is 1.42. The normalized spacial score (nSPS) is 11.8. The van der Waals surface area contributed by atoms with Gasteiger partial charge in [-0.15, -0.1) is 0 Å². The Labute approximate surface area is 96.7 Å². The van der Waals surface area contributed by atoms with Crippen molar-refractivity contribution in [3.8, 4) is 0 Å². The highest BCUT2D eigenvalue weighted by Gasteiger charge is 2.18. The molecule has 0 radical (unpaired) electrons. The highest BCUT2D eigenvalue weighted by atomic mass is 16.1. The predicted molar refractivity (Wildman–Crippen MR) is 65.6 cm³/mol. The highest BCUT2D eigenvalue weighted by Crippen LogP contribution is 2.19. The summed E-state index contributed by atoms with van der Waals surface area (Å²) in [6.45, 7) is 9.77. The first-order valence-corrected chi connectivity index (χ1v) is 5.64. The largest absolute Gasteiger partial charge is 0.313 e. The molecule has 16 heavy (non-hydrogen) atoms. The Morgan fingerprint density at radius 2 is 2.06 bits per heavy atom. The summed E-state index contributed by atoms with van der Waals surface area (Å²) in [7, 11) is 1.70. The van der Waals surface area contributed by atoms with E-state index in [9.17, 15) is 4.79 Å². The minimum absolute atomic E-state index is 0.0195. The average Bonchev–Trinajstić information content (AvgIpc) is 2.18. The number of nitrogens with one attached hydrogen (secondary N) is 1. The molecule has 1 rings (SSSR count). The van der Waals surface area contributed by atoms with E-state index in [1.807, 2.05) is 13.0 Å². The van der Waals surface area contributed by atoms with Gasteiger partial charge in [0.25, 0.3) is 5.56 Å². The summed E-state index contributed by atoms with van der Waals surface area (Å²) in [6, 6.07) is 1.91. The smallest absolute Gasteiger partial charge is 0.270 e. The van der Waals surface area contributed by atoms with E-state index in [2.05, 4.69) is 31.2 Å². The average molecular weight is 223 g/mol. The molecule has 0 saturated heterocycles. The molecule has 0 bridgehead atoms. The van der Waals surface area contributed by atoms with Crippen LogP contribution in [-0.2, 0) is 19.0 Å². The highest BCUT2D eigenvalue weighted by molar-refractivity contribution is 5.19. The van der Waals surface area contributed by atoms with Crippen molar-refractivity contribution in [3.63, 3.8) is 0 Å². The number of aryl methyl sites for hydroxylation is 1. The van der Waals surface area contributed by atoms with Gasteiger partial charge in [0.2, 0.25) is 0 Å². The molecule has 0 aliphatic rings. The molecule has 1 aromatic rings. The van der Waals surface area contributed by atoms with Crippen LogP contribution in [0, 0.1) is 0 Å². The summed E-state index contributed by atoms with van der Waals surface area (Å²) < 4.78 is 1.42. The van der Waals surface area contributed by atoms with Crippen molar-refractivity contribution in [3.05, 3.63) is 27.7 Å². The van der Waals surface area contributed by atoms with Crippen molar-refractivity contribution in [2.24, 2.45) is 7.05 Å². The first kappa shape index (κ1) is 12.9. The summed E-state index contributed by atoms with van der Waals surface area (Å²) in [5.41, 5.74) is 1.67. The Kier molecular flexibility index (Phi) is 3.86. The van der Waals surface area contributed by atoms with Crippen LogP contribution in [0.2, 0.25) is 0 Å². The molecule has 0 aliphatic heterocycles. The Morgan fingerprint density at radius 1 is 1.44 bits per heavy atom. The van der Waals surface area contributed by atoms with E-state index in [4.69, 9.17) is 0 Å². The first-order valence-electron chi connectivity index (χ1n) is 5.64. The summed E-state index contributed by atoms with van der Waals surface area (Å²) in [5, 5.41) is 7.46. The van der Waals surface area contributed by atoms with Crippen LogP contribution >= 0.6 is 0 Å². The minimum atomic E-state index is -0.0353. The second-order valence-electron chi connectivity index (χ2n) is 5.01. The maximum absolute atomic E-state index is 11.8. The molecule has 0 fully saturated rings. The van der Waals surface area contributed by atoms with Gasteiger partial charge in [-0.25, -0.2) is 4.68 Å². The van der Waals surface area contributed by atoms with Gasteiger partial charge < -0.3 is 5.32 Å². The molecule has 0 unspecified atom stereocenters. The molecule has 0 saturated carbocycles. The van der Waals surface area contributed by atoms with Crippen LogP contribution in [0.3, 0.4) is 0 Å². The summed E-state index contributed by atoms with van der Waals surface area (Å²) >= 11 is 0. The SMILES string of the molecule is CCNCc1cc(C(C)(C)C)nn(C)c1=O. The second kappa shape index (κ2) is 4.78. The predicted octanol–water partition coefficient (Wildman–Crippen LogP) is 1.19. The van der Waals surface area contributed by atoms with Gasteiger partial charge in [-0.3, -0.25) is 4.79 Å². The number of rotatable bonds is 3. The minimum Gasteiger partial charge on any atom is -0.313 e. The molecule has 0 atom stereocenters. The van der Waals surface area contributed by atoms with Gasteiger partial charge in [-0.05, 0) is 12.6 Å². The number of hydrogen-bond donors (Lipinski definition) is 1. The standard InChI is InChI=1S/C12H21N3O/c1-6-13-8-9-7-10(12(2,3)4)14-15(5)11(9)16/h7,13H,6,8H2,1-5H3. The summed E-state index contributed by atoms with van der Waals surface area (Å²) in [6.07, 6.45) is 0. The lowest BCUT2D eigenvalue weighted by Gasteiger charge is -2.19. The fourth-order valence-electron chi connectivity index (χ4n) is 1.42. The molecule has 1 aromatic heterocycles. The van der Waals surface area contributed by atoms with Gasteiger partial charge in [0.15, 0.2) is 0 Å². The summed E-state index contributed by atoms with van der Waals surface area (Å²) in [5.74, 6) is 0. The van der Waals surface area contributed by atoms with Crippen molar-refractivity contribution in [1.82, 2.24) is 15.1 Å². The lowest BCUT2D eigenvalue weighted by molar-refractivity contribution is 0.525. The molecular formula is C12H21N3O. The molecule has 0 amide bonds. The lowest BCUT2D eigenvalue weighted by atomic mass is 9.91. The number of hydrogen-bond acceptors (Lipinski definition) is 3. The van der Waals surface area contributed by atoms with Gasteiger partial charge in [-0.1, -0.05) is 27.7 Å². The van der Waals surface area contributed by atoms with Crippen LogP contribution in [0.15, 0.2) is 10.9 Å². The molecule has 0 aromatic carbocycles. The second-order valence-corrected chi connectivity index (χ2v) is 5.01. The van der Waals surface area contributed by atoms with E-state index in [-0.39, 0.29) is 11.0 Å². The van der Waals surface area contributed by atoms with E-state index in [0.717, 1.165) is 17.8 Å². The van der Waals surface area contributed by atoms with Crippen molar-refractivity contribution in [2.75, 3.05) is 6.54 Å². The van der Waals surface area contributed by atoms with E-state index in [1.54, 1.807) is 7.05 Å². The van der Waals surface area contributed by atoms with Crippen LogP contribution in [0.25, 0.3) is 0 Å². The van der Waals surface area contributed by atoms with Crippen molar-refractivity contribution < 1.29 is 0 Å². The molecule has 90 valence electrons. The maximum Gasteiger partial charge on any atom is 0.270 e. The molecule has 1 heterocycles. The van der Waals surface area contributed by atoms with Crippen molar-refractivity contribution >= 4 is 0 Å². The molecule has 0 spiro atoms. The van der Waals surface area contributed by atoms with Gasteiger partial charge in [0.1, 0.15) is 0 Å². The van der Waals surface area contributed by atoms with Gasteiger partial charge >= 0.3 is 0 Å². The van der Waals surface area contributed by atoms with Gasteiger partial charge in [0, 0.05) is 24.6 Å². The third kappa shape index (κ3) is 2.92. The molecular weight excluding hydrogens is 202 g/mol. The van der Waals surface area contributed by atoms with Gasteiger partial charge in [-0.2, -0.15) is 5.10 Å². The van der Waals surface area contributed by atoms with Crippen LogP contribution < -0.4 is 10.9 Å². The maximum atomic E-state index is 11.8. The van der Waals surface area contributed by atoms with Crippen molar-refractivity contribution in [1.29, 1.82) is 0 Å². The van der Waals surface area contributed by atoms with Crippen molar-refractivity contribution in [2.45, 2.75) is 39.7 Å². The monoisotopic (exact) mass is 223 g/mol. The molecule has 4 nitrogen and oxygen atoms in total. The first-order chi connectivity index (χ1) is 7.36. The molecule has 0 aliphatic carbocycles.